The van der Waals surface area contributed by atoms with Crippen LogP contribution in [0, 0.1) is 0 Å². The molecule has 2 rings (SSSR count). The van der Waals surface area contributed by atoms with Gasteiger partial charge in [0.15, 0.2) is 0 Å². The summed E-state index contributed by atoms with van der Waals surface area (Å²) < 4.78 is 26.1. The molecule has 1 aromatic heterocycles. The van der Waals surface area contributed by atoms with Crippen LogP contribution >= 0.6 is 11.6 Å². The Kier molecular flexibility index (Phi) is 4.07. The van der Waals surface area contributed by atoms with Crippen molar-refractivity contribution in [3.05, 3.63) is 47.2 Å². The number of aromatic nitrogens is 2. The van der Waals surface area contributed by atoms with Gasteiger partial charge in [-0.3, -0.25) is 9.89 Å². The molecule has 0 saturated carbocycles. The smallest absolute Gasteiger partial charge is 0.326 e. The van der Waals surface area contributed by atoms with Gasteiger partial charge in [-0.1, -0.05) is 29.8 Å². The summed E-state index contributed by atoms with van der Waals surface area (Å²) in [5, 5.41) is 15.2. The minimum Gasteiger partial charge on any atom is -0.480 e. The number of benzene rings is 1. The Labute approximate surface area is 119 Å². The van der Waals surface area contributed by atoms with Crippen molar-refractivity contribution in [3.63, 3.8) is 0 Å². The van der Waals surface area contributed by atoms with Crippen molar-refractivity contribution in [2.75, 3.05) is 0 Å². The first-order chi connectivity index (χ1) is 9.42. The standard InChI is InChI=1S/C11H10ClN3O4S/c12-9-4-2-1-3-8(9)10(11(16)17)15-20(18,19)7-5-13-14-6-7/h1-6,10,15H,(H,13,14)(H,16,17)/t10-/m1/s1. The summed E-state index contributed by atoms with van der Waals surface area (Å²) in [6.45, 7) is 0. The molecule has 1 aromatic carbocycles. The lowest BCUT2D eigenvalue weighted by Crippen LogP contribution is -2.33. The molecule has 1 heterocycles. The number of nitrogens with zero attached hydrogens (tertiary/aromatic N) is 1. The lowest BCUT2D eigenvalue weighted by atomic mass is 10.1. The summed E-state index contributed by atoms with van der Waals surface area (Å²) in [5.41, 5.74) is 0.161. The summed E-state index contributed by atoms with van der Waals surface area (Å²) in [6, 6.07) is 4.64. The molecule has 0 unspecified atom stereocenters. The third kappa shape index (κ3) is 2.98. The summed E-state index contributed by atoms with van der Waals surface area (Å²) in [6.07, 6.45) is 2.22. The molecule has 0 aliphatic carbocycles. The molecule has 0 aliphatic rings. The maximum absolute atomic E-state index is 12.0. The Morgan fingerprint density at radius 3 is 2.65 bits per heavy atom. The molecular formula is C11H10ClN3O4S. The average Bonchev–Trinajstić information content (AvgIpc) is 2.91. The van der Waals surface area contributed by atoms with Crippen LogP contribution in [0.3, 0.4) is 0 Å². The van der Waals surface area contributed by atoms with Crippen LogP contribution in [-0.2, 0) is 14.8 Å². The zero-order valence-corrected chi connectivity index (χ0v) is 11.5. The molecule has 106 valence electrons. The molecule has 0 saturated heterocycles. The lowest BCUT2D eigenvalue weighted by Gasteiger charge is -2.15. The van der Waals surface area contributed by atoms with Gasteiger partial charge in [0, 0.05) is 11.2 Å². The predicted molar refractivity (Wildman–Crippen MR) is 70.7 cm³/mol. The monoisotopic (exact) mass is 315 g/mol. The van der Waals surface area contributed by atoms with Gasteiger partial charge in [-0.2, -0.15) is 9.82 Å². The van der Waals surface area contributed by atoms with Gasteiger partial charge in [0.2, 0.25) is 10.0 Å². The maximum atomic E-state index is 12.0. The highest BCUT2D eigenvalue weighted by Crippen LogP contribution is 2.24. The lowest BCUT2D eigenvalue weighted by molar-refractivity contribution is -0.139. The molecule has 0 aliphatic heterocycles. The zero-order chi connectivity index (χ0) is 14.8. The second kappa shape index (κ2) is 5.61. The van der Waals surface area contributed by atoms with E-state index in [-0.39, 0.29) is 15.5 Å². The number of aromatic amines is 1. The van der Waals surface area contributed by atoms with Crippen molar-refractivity contribution in [3.8, 4) is 0 Å². The van der Waals surface area contributed by atoms with E-state index in [2.05, 4.69) is 14.9 Å². The van der Waals surface area contributed by atoms with Crippen LogP contribution in [0.1, 0.15) is 11.6 Å². The number of rotatable bonds is 5. The number of sulfonamides is 1. The third-order valence-corrected chi connectivity index (χ3v) is 4.25. The van der Waals surface area contributed by atoms with Crippen molar-refractivity contribution in [1.82, 2.24) is 14.9 Å². The van der Waals surface area contributed by atoms with E-state index in [1.165, 1.54) is 12.1 Å². The Hall–Kier alpha value is -1.90. The first-order valence-electron chi connectivity index (χ1n) is 5.40. The number of carbonyl (C=O) groups is 1. The van der Waals surface area contributed by atoms with Crippen LogP contribution in [0.4, 0.5) is 0 Å². The fourth-order valence-corrected chi connectivity index (χ4v) is 2.88. The van der Waals surface area contributed by atoms with Crippen LogP contribution in [0.15, 0.2) is 41.6 Å². The second-order valence-electron chi connectivity index (χ2n) is 3.85. The fraction of sp³-hybridized carbons (Fsp3) is 0.0909. The number of carboxylic acid groups (broad SMARTS) is 1. The summed E-state index contributed by atoms with van der Waals surface area (Å²) in [4.78, 5) is 11.1. The minimum atomic E-state index is -4.01. The van der Waals surface area contributed by atoms with Gasteiger partial charge < -0.3 is 5.11 Å². The fourth-order valence-electron chi connectivity index (χ4n) is 1.57. The molecule has 2 aromatic rings. The highest BCUT2D eigenvalue weighted by molar-refractivity contribution is 7.89. The summed E-state index contributed by atoms with van der Waals surface area (Å²) >= 11 is 5.90. The molecule has 1 atom stereocenters. The van der Waals surface area contributed by atoms with E-state index in [0.29, 0.717) is 0 Å². The van der Waals surface area contributed by atoms with E-state index in [0.717, 1.165) is 12.4 Å². The quantitative estimate of drug-likeness (QED) is 0.766. The van der Waals surface area contributed by atoms with E-state index < -0.39 is 22.0 Å². The van der Waals surface area contributed by atoms with Gasteiger partial charge in [0.1, 0.15) is 10.9 Å². The van der Waals surface area contributed by atoms with E-state index in [1.54, 1.807) is 12.1 Å². The van der Waals surface area contributed by atoms with Gasteiger partial charge in [-0.25, -0.2) is 8.42 Å². The van der Waals surface area contributed by atoms with Crippen molar-refractivity contribution in [2.24, 2.45) is 0 Å². The van der Waals surface area contributed by atoms with Gasteiger partial charge in [0.05, 0.1) is 6.20 Å². The molecule has 0 spiro atoms. The van der Waals surface area contributed by atoms with Crippen LogP contribution in [0.25, 0.3) is 0 Å². The molecule has 0 fully saturated rings. The van der Waals surface area contributed by atoms with Crippen molar-refractivity contribution in [2.45, 2.75) is 10.9 Å². The van der Waals surface area contributed by atoms with Crippen LogP contribution in [0.5, 0.6) is 0 Å². The Morgan fingerprint density at radius 2 is 2.10 bits per heavy atom. The van der Waals surface area contributed by atoms with Gasteiger partial charge >= 0.3 is 5.97 Å². The Bertz CT molecular complexity index is 715. The Balaban J connectivity index is 2.37. The maximum Gasteiger partial charge on any atom is 0.326 e. The molecule has 0 bridgehead atoms. The number of halogens is 1. The number of aliphatic carboxylic acids is 1. The number of H-pyrrole nitrogens is 1. The number of hydrogen-bond donors (Lipinski definition) is 3. The number of nitrogens with one attached hydrogen (secondary N) is 2. The van der Waals surface area contributed by atoms with Crippen LogP contribution in [-0.4, -0.2) is 29.7 Å². The van der Waals surface area contributed by atoms with Gasteiger partial charge in [-0.15, -0.1) is 0 Å². The normalized spacial score (nSPS) is 13.1. The van der Waals surface area contributed by atoms with Gasteiger partial charge in [-0.05, 0) is 11.6 Å². The molecular weight excluding hydrogens is 306 g/mol. The van der Waals surface area contributed by atoms with Crippen molar-refractivity contribution in [1.29, 1.82) is 0 Å². The topological polar surface area (TPSA) is 112 Å². The first kappa shape index (κ1) is 14.5. The largest absolute Gasteiger partial charge is 0.480 e. The number of carboxylic acids is 1. The SMILES string of the molecule is O=C(O)[C@H](NS(=O)(=O)c1cn[nH]c1)c1ccccc1Cl. The summed E-state index contributed by atoms with van der Waals surface area (Å²) in [5.74, 6) is -1.36. The summed E-state index contributed by atoms with van der Waals surface area (Å²) in [7, 11) is -4.01. The molecule has 0 radical (unpaired) electrons. The Morgan fingerprint density at radius 1 is 1.40 bits per heavy atom. The van der Waals surface area contributed by atoms with E-state index in [4.69, 9.17) is 11.6 Å². The highest BCUT2D eigenvalue weighted by Gasteiger charge is 2.28. The molecule has 20 heavy (non-hydrogen) atoms. The van der Waals surface area contributed by atoms with E-state index >= 15 is 0 Å². The third-order valence-electron chi connectivity index (χ3n) is 2.52. The predicted octanol–water partition coefficient (Wildman–Crippen LogP) is 1.17. The second-order valence-corrected chi connectivity index (χ2v) is 5.97. The highest BCUT2D eigenvalue weighted by atomic mass is 35.5. The first-order valence-corrected chi connectivity index (χ1v) is 7.26. The van der Waals surface area contributed by atoms with E-state index in [1.807, 2.05) is 0 Å². The molecule has 3 N–H and O–H groups in total. The molecule has 9 heteroatoms. The van der Waals surface area contributed by atoms with Crippen molar-refractivity contribution >= 4 is 27.6 Å². The van der Waals surface area contributed by atoms with Crippen molar-refractivity contribution < 1.29 is 18.3 Å². The minimum absolute atomic E-state index is 0.157. The van der Waals surface area contributed by atoms with Crippen LogP contribution < -0.4 is 4.72 Å². The average molecular weight is 316 g/mol. The zero-order valence-electron chi connectivity index (χ0n) is 9.95. The van der Waals surface area contributed by atoms with Crippen LogP contribution in [0.2, 0.25) is 5.02 Å². The number of hydrogen-bond acceptors (Lipinski definition) is 4. The van der Waals surface area contributed by atoms with Gasteiger partial charge in [0.25, 0.3) is 0 Å². The molecule has 0 amide bonds. The van der Waals surface area contributed by atoms with E-state index in [9.17, 15) is 18.3 Å². The molecule has 7 nitrogen and oxygen atoms in total.